The summed E-state index contributed by atoms with van der Waals surface area (Å²) in [4.78, 5) is 14.3. The van der Waals surface area contributed by atoms with Gasteiger partial charge in [-0.05, 0) is 12.8 Å². The van der Waals surface area contributed by atoms with E-state index >= 15 is 0 Å². The van der Waals surface area contributed by atoms with Crippen LogP contribution in [-0.2, 0) is 0 Å². The van der Waals surface area contributed by atoms with E-state index in [4.69, 9.17) is 11.6 Å². The Hall–Kier alpha value is -0.430. The molecule has 1 aliphatic carbocycles. The minimum Gasteiger partial charge on any atom is -1.00 e. The van der Waals surface area contributed by atoms with Gasteiger partial charge >= 0.3 is 0 Å². The van der Waals surface area contributed by atoms with E-state index in [-0.39, 0.29) is 24.0 Å². The van der Waals surface area contributed by atoms with Crippen LogP contribution in [0.4, 0.5) is 11.4 Å². The minimum atomic E-state index is 0. The number of aromatic nitrogens is 1. The first-order chi connectivity index (χ1) is 6.29. The summed E-state index contributed by atoms with van der Waals surface area (Å²) in [6.07, 6.45) is 3.73. The van der Waals surface area contributed by atoms with Crippen molar-refractivity contribution in [2.45, 2.75) is 18.9 Å². The first-order valence-electron chi connectivity index (χ1n) is 4.10. The summed E-state index contributed by atoms with van der Waals surface area (Å²) in [5.41, 5.74) is 1.17. The average molecular weight is 326 g/mol. The minimum absolute atomic E-state index is 0. The molecular weight excluding hydrogens is 316 g/mol. The van der Waals surface area contributed by atoms with E-state index < -0.39 is 0 Å². The molecule has 1 fully saturated rings. The maximum absolute atomic E-state index is 10.5. The Kier molecular flexibility index (Phi) is 4.06. The third kappa shape index (κ3) is 2.78. The molecule has 0 atom stereocenters. The predicted octanol–water partition coefficient (Wildman–Crippen LogP) is -2.21. The van der Waals surface area contributed by atoms with Crippen LogP contribution < -0.4 is 34.5 Å². The molecular formula is C8H9ClIN3O. The van der Waals surface area contributed by atoms with E-state index in [9.17, 15) is 4.91 Å². The van der Waals surface area contributed by atoms with E-state index in [1.165, 1.54) is 6.20 Å². The topological polar surface area (TPSA) is 56.0 Å². The zero-order valence-corrected chi connectivity index (χ0v) is 10.2. The zero-order chi connectivity index (χ0) is 9.26. The van der Waals surface area contributed by atoms with Crippen molar-refractivity contribution in [3.8, 4) is 0 Å². The van der Waals surface area contributed by atoms with Crippen LogP contribution in [0.15, 0.2) is 12.3 Å². The van der Waals surface area contributed by atoms with Crippen molar-refractivity contribution in [1.29, 1.82) is 0 Å². The van der Waals surface area contributed by atoms with E-state index in [0.29, 0.717) is 16.9 Å². The van der Waals surface area contributed by atoms with Gasteiger partial charge in [0.05, 0.1) is 0 Å². The van der Waals surface area contributed by atoms with Gasteiger partial charge in [-0.1, -0.05) is 11.6 Å². The average Bonchev–Trinajstić information content (AvgIpc) is 2.89. The molecule has 14 heavy (non-hydrogen) atoms. The highest BCUT2D eigenvalue weighted by Gasteiger charge is 2.23. The molecule has 4 nitrogen and oxygen atoms in total. The quantitative estimate of drug-likeness (QED) is 0.490. The van der Waals surface area contributed by atoms with E-state index in [0.717, 1.165) is 18.5 Å². The summed E-state index contributed by atoms with van der Waals surface area (Å²) in [6.45, 7) is 0. The summed E-state index contributed by atoms with van der Waals surface area (Å²) < 4.78 is 0. The van der Waals surface area contributed by atoms with E-state index in [1.54, 1.807) is 6.07 Å². The monoisotopic (exact) mass is 325 g/mol. The van der Waals surface area contributed by atoms with E-state index in [1.807, 2.05) is 5.18 Å². The van der Waals surface area contributed by atoms with Gasteiger partial charge in [0.15, 0.2) is 0 Å². The normalized spacial score (nSPS) is 14.4. The molecule has 0 unspecified atom stereocenters. The second-order valence-electron chi connectivity index (χ2n) is 3.07. The molecule has 2 N–H and O–H groups in total. The van der Waals surface area contributed by atoms with Crippen LogP contribution in [0.1, 0.15) is 12.8 Å². The van der Waals surface area contributed by atoms with Crippen molar-refractivity contribution in [3.05, 3.63) is 22.3 Å². The van der Waals surface area contributed by atoms with E-state index in [2.05, 4.69) is 10.3 Å². The largest absolute Gasteiger partial charge is 1.00 e. The van der Waals surface area contributed by atoms with Crippen LogP contribution in [0.2, 0.25) is 5.15 Å². The SMILES string of the molecule is O=[NH+]c1cnc(Cl)cc1NC1CC1.[I-]. The van der Waals surface area contributed by atoms with Crippen LogP contribution in [0.5, 0.6) is 0 Å². The number of halogens is 2. The number of hydrogen-bond donors (Lipinski definition) is 2. The van der Waals surface area contributed by atoms with Crippen LogP contribution in [0.3, 0.4) is 0 Å². The molecule has 0 aromatic carbocycles. The zero-order valence-electron chi connectivity index (χ0n) is 7.26. The Bertz CT molecular complexity index is 343. The van der Waals surface area contributed by atoms with Gasteiger partial charge in [0.25, 0.3) is 5.69 Å². The Morgan fingerprint density at radius 1 is 1.57 bits per heavy atom. The molecule has 76 valence electrons. The van der Waals surface area contributed by atoms with Crippen molar-refractivity contribution >= 4 is 23.0 Å². The molecule has 0 radical (unpaired) electrons. The molecule has 2 rings (SSSR count). The molecule has 6 heteroatoms. The smallest absolute Gasteiger partial charge is 0.294 e. The summed E-state index contributed by atoms with van der Waals surface area (Å²) in [5, 5.41) is 5.40. The molecule has 0 spiro atoms. The second kappa shape index (κ2) is 4.88. The first kappa shape index (κ1) is 11.6. The second-order valence-corrected chi connectivity index (χ2v) is 3.46. The van der Waals surface area contributed by atoms with Gasteiger partial charge in [0, 0.05) is 22.2 Å². The molecule has 1 saturated carbocycles. The lowest BCUT2D eigenvalue weighted by Crippen LogP contribution is -3.00. The number of nitrogens with zero attached hydrogens (tertiary/aromatic N) is 1. The van der Waals surface area contributed by atoms with Crippen molar-refractivity contribution in [2.75, 3.05) is 5.32 Å². The number of pyridine rings is 1. The first-order valence-corrected chi connectivity index (χ1v) is 4.47. The predicted molar refractivity (Wildman–Crippen MR) is 49.9 cm³/mol. The van der Waals surface area contributed by atoms with Gasteiger partial charge < -0.3 is 29.3 Å². The number of rotatable bonds is 3. The molecule has 1 aromatic heterocycles. The maximum Gasteiger partial charge on any atom is 0.294 e. The lowest BCUT2D eigenvalue weighted by molar-refractivity contribution is -0.378. The van der Waals surface area contributed by atoms with Crippen LogP contribution >= 0.6 is 11.6 Å². The summed E-state index contributed by atoms with van der Waals surface area (Å²) in [6, 6.07) is 2.14. The molecule has 0 aliphatic heterocycles. The van der Waals surface area contributed by atoms with Crippen molar-refractivity contribution in [2.24, 2.45) is 0 Å². The highest BCUT2D eigenvalue weighted by Crippen LogP contribution is 2.28. The molecule has 1 heterocycles. The fourth-order valence-corrected chi connectivity index (χ4v) is 1.24. The van der Waals surface area contributed by atoms with Gasteiger partial charge in [-0.2, -0.15) is 0 Å². The fourth-order valence-electron chi connectivity index (χ4n) is 1.08. The molecule has 0 bridgehead atoms. The third-order valence-electron chi connectivity index (χ3n) is 1.92. The lowest BCUT2D eigenvalue weighted by Gasteiger charge is -2.02. The number of hydrogen-bond acceptors (Lipinski definition) is 3. The van der Waals surface area contributed by atoms with Gasteiger partial charge in [-0.3, -0.25) is 0 Å². The number of nitrogens with one attached hydrogen (secondary N) is 2. The van der Waals surface area contributed by atoms with Crippen molar-refractivity contribution < 1.29 is 29.2 Å². The summed E-state index contributed by atoms with van der Waals surface area (Å²) >= 11 is 5.70. The van der Waals surface area contributed by atoms with Crippen molar-refractivity contribution in [3.63, 3.8) is 0 Å². The molecule has 0 amide bonds. The van der Waals surface area contributed by atoms with Crippen LogP contribution in [-0.4, -0.2) is 11.0 Å². The highest BCUT2D eigenvalue weighted by molar-refractivity contribution is 6.29. The third-order valence-corrected chi connectivity index (χ3v) is 2.12. The Morgan fingerprint density at radius 2 is 2.29 bits per heavy atom. The fraction of sp³-hybridized carbons (Fsp3) is 0.375. The Morgan fingerprint density at radius 3 is 2.86 bits per heavy atom. The molecule has 1 aromatic rings. The molecule has 0 saturated heterocycles. The molecule has 1 aliphatic rings. The lowest BCUT2D eigenvalue weighted by atomic mass is 10.3. The summed E-state index contributed by atoms with van der Waals surface area (Å²) in [5.74, 6) is 0. The van der Waals surface area contributed by atoms with Gasteiger partial charge in [-0.15, -0.1) is 0 Å². The number of anilines is 1. The van der Waals surface area contributed by atoms with Gasteiger partial charge in [0.1, 0.15) is 17.0 Å². The van der Waals surface area contributed by atoms with Gasteiger partial charge in [0.2, 0.25) is 0 Å². The van der Waals surface area contributed by atoms with Crippen LogP contribution in [0, 0.1) is 4.91 Å². The van der Waals surface area contributed by atoms with Crippen molar-refractivity contribution in [1.82, 2.24) is 4.98 Å². The maximum atomic E-state index is 10.5. The van der Waals surface area contributed by atoms with Crippen LogP contribution in [0.25, 0.3) is 0 Å². The standard InChI is InChI=1S/C8H8ClN3O.HI/c9-8-3-6(11-5-1-2-5)7(12-13)4-10-8;/h3-5H,1-2H2,(H,10,11);1H. The highest BCUT2D eigenvalue weighted by atomic mass is 127. The Balaban J connectivity index is 0.000000980. The number of nitroso groups, excluding NO2 is 1. The Labute approximate surface area is 103 Å². The summed E-state index contributed by atoms with van der Waals surface area (Å²) in [7, 11) is 0. The van der Waals surface area contributed by atoms with Gasteiger partial charge in [-0.25, -0.2) is 4.98 Å².